The summed E-state index contributed by atoms with van der Waals surface area (Å²) in [5.41, 5.74) is 1.05. The lowest BCUT2D eigenvalue weighted by atomic mass is 10.2. The molecule has 0 aliphatic rings. The summed E-state index contributed by atoms with van der Waals surface area (Å²) in [6.45, 7) is 7.08. The van der Waals surface area contributed by atoms with Gasteiger partial charge in [-0.2, -0.15) is 0 Å². The van der Waals surface area contributed by atoms with E-state index in [1.54, 1.807) is 24.3 Å². The third-order valence-electron chi connectivity index (χ3n) is 2.46. The minimum Gasteiger partial charge on any atom is -0.313 e. The average Bonchev–Trinajstić information content (AvgIpc) is 2.28. The van der Waals surface area contributed by atoms with Gasteiger partial charge in [-0.25, -0.2) is 13.1 Å². The molecule has 0 heterocycles. The van der Waals surface area contributed by atoms with E-state index in [2.05, 4.69) is 10.0 Å². The molecule has 0 amide bonds. The third kappa shape index (κ3) is 5.35. The second-order valence-electron chi connectivity index (χ2n) is 4.12. The molecular weight excluding hydrogens is 272 g/mol. The van der Waals surface area contributed by atoms with Crippen LogP contribution in [0.5, 0.6) is 0 Å². The van der Waals surface area contributed by atoms with Crippen LogP contribution in [0.25, 0.3) is 0 Å². The monoisotopic (exact) mass is 292 g/mol. The van der Waals surface area contributed by atoms with Crippen molar-refractivity contribution in [3.05, 3.63) is 29.8 Å². The summed E-state index contributed by atoms with van der Waals surface area (Å²) in [4.78, 5) is 0.312. The summed E-state index contributed by atoms with van der Waals surface area (Å²) < 4.78 is 26.4. The zero-order valence-corrected chi connectivity index (χ0v) is 12.6. The van der Waals surface area contributed by atoms with Crippen molar-refractivity contribution < 1.29 is 8.42 Å². The third-order valence-corrected chi connectivity index (χ3v) is 3.90. The second kappa shape index (κ2) is 7.74. The zero-order chi connectivity index (χ0) is 12.9. The predicted octanol–water partition coefficient (Wildman–Crippen LogP) is 1.69. The Hall–Kier alpha value is -0.620. The number of nitrogens with one attached hydrogen (secondary N) is 2. The SMILES string of the molecule is CCN[C@H](C)CNS(=O)(=O)c1ccc(C)cc1.Cl. The Bertz CT molecular complexity index is 446. The number of halogens is 1. The molecule has 0 radical (unpaired) electrons. The molecule has 6 heteroatoms. The molecule has 0 bridgehead atoms. The van der Waals surface area contributed by atoms with Gasteiger partial charge in [-0.3, -0.25) is 0 Å². The van der Waals surface area contributed by atoms with Gasteiger partial charge in [0.1, 0.15) is 0 Å². The van der Waals surface area contributed by atoms with Gasteiger partial charge in [0.15, 0.2) is 0 Å². The molecule has 4 nitrogen and oxygen atoms in total. The molecule has 1 rings (SSSR count). The number of benzene rings is 1. The van der Waals surface area contributed by atoms with Crippen molar-refractivity contribution in [1.82, 2.24) is 10.0 Å². The van der Waals surface area contributed by atoms with E-state index >= 15 is 0 Å². The van der Waals surface area contributed by atoms with E-state index < -0.39 is 10.0 Å². The van der Waals surface area contributed by atoms with Gasteiger partial charge in [0, 0.05) is 12.6 Å². The van der Waals surface area contributed by atoms with Crippen molar-refractivity contribution in [2.24, 2.45) is 0 Å². The predicted molar refractivity (Wildman–Crippen MR) is 76.8 cm³/mol. The molecule has 0 saturated carbocycles. The Labute approximate surface area is 116 Å². The van der Waals surface area contributed by atoms with Crippen LogP contribution in [0.2, 0.25) is 0 Å². The number of aryl methyl sites for hydroxylation is 1. The van der Waals surface area contributed by atoms with E-state index in [-0.39, 0.29) is 18.4 Å². The molecule has 0 saturated heterocycles. The molecule has 2 N–H and O–H groups in total. The van der Waals surface area contributed by atoms with Crippen LogP contribution in [0.3, 0.4) is 0 Å². The molecule has 1 aromatic rings. The highest BCUT2D eigenvalue weighted by Gasteiger charge is 2.14. The summed E-state index contributed by atoms with van der Waals surface area (Å²) >= 11 is 0. The zero-order valence-electron chi connectivity index (χ0n) is 10.9. The van der Waals surface area contributed by atoms with Gasteiger partial charge in [0.25, 0.3) is 0 Å². The lowest BCUT2D eigenvalue weighted by Gasteiger charge is -2.13. The van der Waals surface area contributed by atoms with Crippen LogP contribution in [0.15, 0.2) is 29.2 Å². The summed E-state index contributed by atoms with van der Waals surface area (Å²) in [5, 5.41) is 3.15. The molecule has 0 aliphatic carbocycles. The molecule has 1 atom stereocenters. The van der Waals surface area contributed by atoms with Gasteiger partial charge < -0.3 is 5.32 Å². The maximum absolute atomic E-state index is 11.9. The number of hydrogen-bond donors (Lipinski definition) is 2. The van der Waals surface area contributed by atoms with E-state index in [1.165, 1.54) is 0 Å². The number of likely N-dealkylation sites (N-methyl/N-ethyl adjacent to an activating group) is 1. The van der Waals surface area contributed by atoms with Crippen LogP contribution in [0.1, 0.15) is 19.4 Å². The number of sulfonamides is 1. The Morgan fingerprint density at radius 3 is 2.28 bits per heavy atom. The highest BCUT2D eigenvalue weighted by molar-refractivity contribution is 7.89. The first-order chi connectivity index (χ1) is 7.95. The summed E-state index contributed by atoms with van der Waals surface area (Å²) in [7, 11) is -3.38. The number of rotatable bonds is 6. The first-order valence-electron chi connectivity index (χ1n) is 5.75. The van der Waals surface area contributed by atoms with Crippen LogP contribution in [-0.2, 0) is 10.0 Å². The maximum Gasteiger partial charge on any atom is 0.240 e. The van der Waals surface area contributed by atoms with Gasteiger partial charge in [0.05, 0.1) is 4.90 Å². The molecule has 0 aromatic heterocycles. The summed E-state index contributed by atoms with van der Waals surface area (Å²) in [5.74, 6) is 0. The molecule has 0 spiro atoms. The maximum atomic E-state index is 11.9. The second-order valence-corrected chi connectivity index (χ2v) is 5.89. The highest BCUT2D eigenvalue weighted by atomic mass is 35.5. The van der Waals surface area contributed by atoms with E-state index in [0.29, 0.717) is 11.4 Å². The van der Waals surface area contributed by atoms with Crippen LogP contribution in [-0.4, -0.2) is 27.5 Å². The van der Waals surface area contributed by atoms with Crippen molar-refractivity contribution in [2.45, 2.75) is 31.7 Å². The molecule has 18 heavy (non-hydrogen) atoms. The Morgan fingerprint density at radius 1 is 1.22 bits per heavy atom. The lowest BCUT2D eigenvalue weighted by Crippen LogP contribution is -2.38. The van der Waals surface area contributed by atoms with Crippen LogP contribution < -0.4 is 10.0 Å². The van der Waals surface area contributed by atoms with Gasteiger partial charge >= 0.3 is 0 Å². The van der Waals surface area contributed by atoms with Crippen molar-refractivity contribution in [3.63, 3.8) is 0 Å². The smallest absolute Gasteiger partial charge is 0.240 e. The van der Waals surface area contributed by atoms with Crippen molar-refractivity contribution >= 4 is 22.4 Å². The van der Waals surface area contributed by atoms with Gasteiger partial charge in [-0.15, -0.1) is 12.4 Å². The van der Waals surface area contributed by atoms with Crippen molar-refractivity contribution in [2.75, 3.05) is 13.1 Å². The van der Waals surface area contributed by atoms with E-state index in [9.17, 15) is 8.42 Å². The molecule has 0 fully saturated rings. The summed E-state index contributed by atoms with van der Waals surface area (Å²) in [6.07, 6.45) is 0. The Kier molecular flexibility index (Phi) is 7.47. The molecular formula is C12H21ClN2O2S. The fourth-order valence-corrected chi connectivity index (χ4v) is 2.59. The molecule has 104 valence electrons. The fourth-order valence-electron chi connectivity index (χ4n) is 1.46. The first-order valence-corrected chi connectivity index (χ1v) is 7.23. The minimum absolute atomic E-state index is 0. The van der Waals surface area contributed by atoms with E-state index in [4.69, 9.17) is 0 Å². The van der Waals surface area contributed by atoms with Gasteiger partial charge in [-0.05, 0) is 32.5 Å². The lowest BCUT2D eigenvalue weighted by molar-refractivity contribution is 0.536. The fraction of sp³-hybridized carbons (Fsp3) is 0.500. The van der Waals surface area contributed by atoms with Crippen molar-refractivity contribution in [1.29, 1.82) is 0 Å². The Morgan fingerprint density at radius 2 is 1.78 bits per heavy atom. The normalized spacial score (nSPS) is 12.8. The molecule has 0 unspecified atom stereocenters. The molecule has 0 aliphatic heterocycles. The molecule has 1 aromatic carbocycles. The average molecular weight is 293 g/mol. The number of hydrogen-bond acceptors (Lipinski definition) is 3. The minimum atomic E-state index is -3.38. The topological polar surface area (TPSA) is 58.2 Å². The van der Waals surface area contributed by atoms with Crippen molar-refractivity contribution in [3.8, 4) is 0 Å². The van der Waals surface area contributed by atoms with Crippen LogP contribution in [0.4, 0.5) is 0 Å². The van der Waals surface area contributed by atoms with Crippen LogP contribution >= 0.6 is 12.4 Å². The van der Waals surface area contributed by atoms with Crippen LogP contribution in [0, 0.1) is 6.92 Å². The van der Waals surface area contributed by atoms with Gasteiger partial charge in [0.2, 0.25) is 10.0 Å². The Balaban J connectivity index is 0.00000289. The standard InChI is InChI=1S/C12H20N2O2S.ClH/c1-4-13-11(3)9-14-17(15,16)12-7-5-10(2)6-8-12;/h5-8,11,13-14H,4,9H2,1-3H3;1H/t11-;/m1./s1. The van der Waals surface area contributed by atoms with Gasteiger partial charge in [-0.1, -0.05) is 24.6 Å². The summed E-state index contributed by atoms with van der Waals surface area (Å²) in [6, 6.07) is 6.95. The highest BCUT2D eigenvalue weighted by Crippen LogP contribution is 2.09. The largest absolute Gasteiger partial charge is 0.313 e. The van der Waals surface area contributed by atoms with E-state index in [1.807, 2.05) is 20.8 Å². The quantitative estimate of drug-likeness (QED) is 0.839. The van der Waals surface area contributed by atoms with E-state index in [0.717, 1.165) is 12.1 Å². The first kappa shape index (κ1) is 17.4.